The first-order chi connectivity index (χ1) is 8.43. The van der Waals surface area contributed by atoms with E-state index in [2.05, 4.69) is 15.5 Å². The molecular formula is C12H19N3OS. The molecule has 1 aromatic heterocycles. The number of rotatable bonds is 2. The van der Waals surface area contributed by atoms with Gasteiger partial charge in [-0.3, -0.25) is 0 Å². The first-order valence-corrected chi connectivity index (χ1v) is 7.67. The van der Waals surface area contributed by atoms with Crippen LogP contribution in [0.5, 0.6) is 0 Å². The third-order valence-electron chi connectivity index (χ3n) is 3.53. The predicted octanol–water partition coefficient (Wildman–Crippen LogP) is 2.84. The second-order valence-electron chi connectivity index (χ2n) is 4.85. The molecule has 0 radical (unpaired) electrons. The van der Waals surface area contributed by atoms with Gasteiger partial charge in [-0.2, -0.15) is 4.98 Å². The fourth-order valence-corrected chi connectivity index (χ4v) is 3.75. The number of piperidine rings is 1. The van der Waals surface area contributed by atoms with Gasteiger partial charge in [-0.15, -0.1) is 11.8 Å². The van der Waals surface area contributed by atoms with Crippen molar-refractivity contribution >= 4 is 11.8 Å². The number of hydrogen-bond acceptors (Lipinski definition) is 5. The van der Waals surface area contributed by atoms with Crippen molar-refractivity contribution in [2.24, 2.45) is 0 Å². The summed E-state index contributed by atoms with van der Waals surface area (Å²) in [5.41, 5.74) is 0. The Hall–Kier alpha value is -0.550. The lowest BCUT2D eigenvalue weighted by Gasteiger charge is -2.20. The summed E-state index contributed by atoms with van der Waals surface area (Å²) in [5, 5.41) is 8.05. The first-order valence-electron chi connectivity index (χ1n) is 6.62. The molecular weight excluding hydrogens is 234 g/mol. The molecule has 17 heavy (non-hydrogen) atoms. The Bertz CT molecular complexity index is 324. The Morgan fingerprint density at radius 1 is 1.18 bits per heavy atom. The van der Waals surface area contributed by atoms with Crippen molar-refractivity contribution in [2.45, 2.75) is 49.8 Å². The molecule has 2 fully saturated rings. The number of hydrogen-bond donors (Lipinski definition) is 1. The normalized spacial score (nSPS) is 30.4. The van der Waals surface area contributed by atoms with E-state index in [1.807, 2.05) is 11.8 Å². The third-order valence-corrected chi connectivity index (χ3v) is 4.90. The molecule has 1 aromatic rings. The van der Waals surface area contributed by atoms with Gasteiger partial charge >= 0.3 is 0 Å². The molecule has 0 aromatic carbocycles. The van der Waals surface area contributed by atoms with Crippen LogP contribution in [0.2, 0.25) is 0 Å². The lowest BCUT2D eigenvalue weighted by Crippen LogP contribution is -2.27. The van der Waals surface area contributed by atoms with Gasteiger partial charge in [-0.05, 0) is 38.0 Å². The molecule has 3 rings (SSSR count). The van der Waals surface area contributed by atoms with E-state index in [1.54, 1.807) is 0 Å². The largest absolute Gasteiger partial charge is 0.338 e. The van der Waals surface area contributed by atoms with Crippen molar-refractivity contribution in [3.63, 3.8) is 0 Å². The van der Waals surface area contributed by atoms with E-state index < -0.39 is 0 Å². The standard InChI is InChI=1S/C12H19N3OS/c1-3-7-13-9(5-1)11-14-12(16-15-11)10-6-2-4-8-17-10/h9-10,13H,1-8H2. The van der Waals surface area contributed by atoms with Crippen LogP contribution in [0.4, 0.5) is 0 Å². The maximum absolute atomic E-state index is 5.44. The monoisotopic (exact) mass is 253 g/mol. The Balaban J connectivity index is 1.68. The third kappa shape index (κ3) is 2.65. The van der Waals surface area contributed by atoms with E-state index in [1.165, 1.54) is 37.9 Å². The van der Waals surface area contributed by atoms with E-state index in [0.29, 0.717) is 11.3 Å². The predicted molar refractivity (Wildman–Crippen MR) is 67.9 cm³/mol. The minimum absolute atomic E-state index is 0.315. The Morgan fingerprint density at radius 3 is 2.88 bits per heavy atom. The van der Waals surface area contributed by atoms with Crippen molar-refractivity contribution in [2.75, 3.05) is 12.3 Å². The highest BCUT2D eigenvalue weighted by Gasteiger charge is 2.25. The van der Waals surface area contributed by atoms with Gasteiger partial charge < -0.3 is 9.84 Å². The molecule has 3 heterocycles. The Labute approximate surface area is 106 Å². The maximum Gasteiger partial charge on any atom is 0.239 e. The van der Waals surface area contributed by atoms with E-state index >= 15 is 0 Å². The van der Waals surface area contributed by atoms with Gasteiger partial charge in [-0.25, -0.2) is 0 Å². The fraction of sp³-hybridized carbons (Fsp3) is 0.833. The summed E-state index contributed by atoms with van der Waals surface area (Å²) in [4.78, 5) is 4.60. The van der Waals surface area contributed by atoms with Crippen LogP contribution in [0, 0.1) is 0 Å². The van der Waals surface area contributed by atoms with Crippen LogP contribution in [0.15, 0.2) is 4.52 Å². The quantitative estimate of drug-likeness (QED) is 0.878. The van der Waals surface area contributed by atoms with E-state index in [4.69, 9.17) is 4.52 Å². The molecule has 2 aliphatic heterocycles. The van der Waals surface area contributed by atoms with Crippen LogP contribution in [0.3, 0.4) is 0 Å². The zero-order chi connectivity index (χ0) is 11.5. The Kier molecular flexibility index (Phi) is 3.66. The average Bonchev–Trinajstić information content (AvgIpc) is 2.90. The van der Waals surface area contributed by atoms with Crippen molar-refractivity contribution in [1.29, 1.82) is 0 Å². The van der Waals surface area contributed by atoms with Crippen molar-refractivity contribution in [3.8, 4) is 0 Å². The van der Waals surface area contributed by atoms with Crippen molar-refractivity contribution in [3.05, 3.63) is 11.7 Å². The number of thioether (sulfide) groups is 1. The molecule has 0 spiro atoms. The van der Waals surface area contributed by atoms with E-state index in [-0.39, 0.29) is 0 Å². The molecule has 2 unspecified atom stereocenters. The number of nitrogens with one attached hydrogen (secondary N) is 1. The van der Waals surface area contributed by atoms with Crippen LogP contribution < -0.4 is 5.32 Å². The number of nitrogens with zero attached hydrogens (tertiary/aromatic N) is 2. The Morgan fingerprint density at radius 2 is 2.12 bits per heavy atom. The van der Waals surface area contributed by atoms with Crippen molar-refractivity contribution < 1.29 is 4.52 Å². The minimum Gasteiger partial charge on any atom is -0.338 e. The summed E-state index contributed by atoms with van der Waals surface area (Å²) in [6.45, 7) is 1.08. The SMILES string of the molecule is C1CCC(c2noc(C3CCCCS3)n2)NC1. The summed E-state index contributed by atoms with van der Waals surface area (Å²) in [5.74, 6) is 2.94. The van der Waals surface area contributed by atoms with Crippen molar-refractivity contribution in [1.82, 2.24) is 15.5 Å². The molecule has 94 valence electrons. The second kappa shape index (κ2) is 5.40. The molecule has 2 saturated heterocycles. The smallest absolute Gasteiger partial charge is 0.239 e. The fourth-order valence-electron chi connectivity index (χ4n) is 2.53. The lowest BCUT2D eigenvalue weighted by molar-refractivity contribution is 0.344. The summed E-state index contributed by atoms with van der Waals surface area (Å²) < 4.78 is 5.44. The highest BCUT2D eigenvalue weighted by molar-refractivity contribution is 7.99. The molecule has 2 aliphatic rings. The zero-order valence-corrected chi connectivity index (χ0v) is 10.8. The molecule has 5 heteroatoms. The van der Waals surface area contributed by atoms with Crippen LogP contribution in [-0.4, -0.2) is 22.4 Å². The summed E-state index contributed by atoms with van der Waals surface area (Å²) >= 11 is 1.96. The molecule has 1 N–H and O–H groups in total. The maximum atomic E-state index is 5.44. The number of aromatic nitrogens is 2. The van der Waals surface area contributed by atoms with Gasteiger partial charge in [0.2, 0.25) is 5.89 Å². The molecule has 0 bridgehead atoms. The van der Waals surface area contributed by atoms with Gasteiger partial charge in [0, 0.05) is 0 Å². The minimum atomic E-state index is 0.315. The van der Waals surface area contributed by atoms with Gasteiger partial charge in [0.1, 0.15) is 0 Å². The molecule has 0 amide bonds. The molecule has 0 aliphatic carbocycles. The molecule has 0 saturated carbocycles. The van der Waals surface area contributed by atoms with Gasteiger partial charge in [0.05, 0.1) is 11.3 Å². The van der Waals surface area contributed by atoms with Crippen LogP contribution in [0.1, 0.15) is 61.5 Å². The van der Waals surface area contributed by atoms with Crippen LogP contribution >= 0.6 is 11.8 Å². The topological polar surface area (TPSA) is 51.0 Å². The highest BCUT2D eigenvalue weighted by atomic mass is 32.2. The van der Waals surface area contributed by atoms with Gasteiger partial charge in [0.25, 0.3) is 0 Å². The average molecular weight is 253 g/mol. The molecule has 4 nitrogen and oxygen atoms in total. The van der Waals surface area contributed by atoms with Gasteiger partial charge in [0.15, 0.2) is 5.82 Å². The highest BCUT2D eigenvalue weighted by Crippen LogP contribution is 2.37. The van der Waals surface area contributed by atoms with E-state index in [0.717, 1.165) is 24.7 Å². The van der Waals surface area contributed by atoms with Crippen LogP contribution in [0.25, 0.3) is 0 Å². The molecule has 2 atom stereocenters. The summed E-state index contributed by atoms with van der Waals surface area (Å²) in [6.07, 6.45) is 7.46. The summed E-state index contributed by atoms with van der Waals surface area (Å²) in [6, 6.07) is 0.315. The first kappa shape index (κ1) is 11.5. The summed E-state index contributed by atoms with van der Waals surface area (Å²) in [7, 11) is 0. The van der Waals surface area contributed by atoms with Gasteiger partial charge in [-0.1, -0.05) is 18.0 Å². The lowest BCUT2D eigenvalue weighted by atomic mass is 10.0. The van der Waals surface area contributed by atoms with E-state index in [9.17, 15) is 0 Å². The second-order valence-corrected chi connectivity index (χ2v) is 6.16. The zero-order valence-electron chi connectivity index (χ0n) is 10.0. The van der Waals surface area contributed by atoms with Crippen LogP contribution in [-0.2, 0) is 0 Å².